The first kappa shape index (κ1) is 14.9. The first-order chi connectivity index (χ1) is 8.01. The van der Waals surface area contributed by atoms with Crippen LogP contribution in [0.15, 0.2) is 0 Å². The average Bonchev–Trinajstić information content (AvgIpc) is 2.54. The van der Waals surface area contributed by atoms with Crippen molar-refractivity contribution in [2.75, 3.05) is 40.9 Å². The Bertz CT molecular complexity index is 218. The first-order valence-corrected chi connectivity index (χ1v) is 6.86. The van der Waals surface area contributed by atoms with E-state index in [-0.39, 0.29) is 0 Å². The van der Waals surface area contributed by atoms with Gasteiger partial charge in [0.25, 0.3) is 0 Å². The standard InChI is InChI=1S/C14H30N2O/c1-14(2)8-7-12(13(14)15-3)11-16(4)9-6-10-17-5/h12-13,15H,6-11H2,1-5H3. The van der Waals surface area contributed by atoms with Crippen molar-refractivity contribution >= 4 is 0 Å². The molecule has 0 amide bonds. The van der Waals surface area contributed by atoms with Crippen LogP contribution < -0.4 is 5.32 Å². The second-order valence-electron chi connectivity index (χ2n) is 6.16. The first-order valence-electron chi connectivity index (χ1n) is 6.86. The van der Waals surface area contributed by atoms with E-state index in [1.54, 1.807) is 7.11 Å². The second kappa shape index (κ2) is 6.72. The highest BCUT2D eigenvalue weighted by Crippen LogP contribution is 2.41. The summed E-state index contributed by atoms with van der Waals surface area (Å²) in [6.07, 6.45) is 3.83. The molecule has 17 heavy (non-hydrogen) atoms. The molecule has 0 aromatic rings. The van der Waals surface area contributed by atoms with Gasteiger partial charge in [0.15, 0.2) is 0 Å². The van der Waals surface area contributed by atoms with Crippen molar-refractivity contribution in [2.45, 2.75) is 39.2 Å². The molecule has 1 fully saturated rings. The molecule has 0 saturated heterocycles. The molecular weight excluding hydrogens is 212 g/mol. The van der Waals surface area contributed by atoms with Crippen LogP contribution in [-0.2, 0) is 4.74 Å². The van der Waals surface area contributed by atoms with Gasteiger partial charge in [-0.2, -0.15) is 0 Å². The lowest BCUT2D eigenvalue weighted by Gasteiger charge is -2.32. The fourth-order valence-corrected chi connectivity index (χ4v) is 3.31. The number of hydrogen-bond donors (Lipinski definition) is 1. The molecule has 1 aliphatic carbocycles. The van der Waals surface area contributed by atoms with E-state index in [1.807, 2.05) is 0 Å². The van der Waals surface area contributed by atoms with Crippen LogP contribution in [0.1, 0.15) is 33.1 Å². The minimum absolute atomic E-state index is 0.451. The Morgan fingerprint density at radius 2 is 2.12 bits per heavy atom. The summed E-state index contributed by atoms with van der Waals surface area (Å²) in [7, 11) is 6.11. The summed E-state index contributed by atoms with van der Waals surface area (Å²) in [5.41, 5.74) is 0.451. The summed E-state index contributed by atoms with van der Waals surface area (Å²) in [5, 5.41) is 3.53. The van der Waals surface area contributed by atoms with Gasteiger partial charge in [-0.1, -0.05) is 13.8 Å². The smallest absolute Gasteiger partial charge is 0.0474 e. The minimum Gasteiger partial charge on any atom is -0.385 e. The monoisotopic (exact) mass is 242 g/mol. The third kappa shape index (κ3) is 4.23. The Morgan fingerprint density at radius 3 is 2.71 bits per heavy atom. The lowest BCUT2D eigenvalue weighted by atomic mass is 9.85. The van der Waals surface area contributed by atoms with E-state index in [0.29, 0.717) is 11.5 Å². The van der Waals surface area contributed by atoms with Crippen molar-refractivity contribution in [3.63, 3.8) is 0 Å². The quantitative estimate of drug-likeness (QED) is 0.691. The van der Waals surface area contributed by atoms with Crippen LogP contribution in [0.4, 0.5) is 0 Å². The fourth-order valence-electron chi connectivity index (χ4n) is 3.31. The summed E-state index contributed by atoms with van der Waals surface area (Å²) in [5.74, 6) is 0.794. The van der Waals surface area contributed by atoms with Crippen LogP contribution in [-0.4, -0.2) is 51.8 Å². The zero-order valence-corrected chi connectivity index (χ0v) is 12.3. The zero-order chi connectivity index (χ0) is 12.9. The number of hydrogen-bond acceptors (Lipinski definition) is 3. The van der Waals surface area contributed by atoms with Gasteiger partial charge in [-0.25, -0.2) is 0 Å². The van der Waals surface area contributed by atoms with E-state index in [1.165, 1.54) is 19.4 Å². The van der Waals surface area contributed by atoms with Crippen molar-refractivity contribution in [2.24, 2.45) is 11.3 Å². The normalized spacial score (nSPS) is 27.9. The molecule has 2 unspecified atom stereocenters. The Balaban J connectivity index is 2.35. The molecular formula is C14H30N2O. The molecule has 3 nitrogen and oxygen atoms in total. The van der Waals surface area contributed by atoms with E-state index in [2.05, 4.69) is 38.2 Å². The molecule has 1 N–H and O–H groups in total. The van der Waals surface area contributed by atoms with Crippen molar-refractivity contribution < 1.29 is 4.74 Å². The van der Waals surface area contributed by atoms with Gasteiger partial charge < -0.3 is 15.0 Å². The Labute approximate surface area is 107 Å². The van der Waals surface area contributed by atoms with Crippen molar-refractivity contribution in [1.29, 1.82) is 0 Å². The number of ether oxygens (including phenoxy) is 1. The van der Waals surface area contributed by atoms with Crippen LogP contribution in [0.5, 0.6) is 0 Å². The molecule has 0 aliphatic heterocycles. The van der Waals surface area contributed by atoms with Gasteiger partial charge in [-0.3, -0.25) is 0 Å². The Hall–Kier alpha value is -0.120. The van der Waals surface area contributed by atoms with Crippen LogP contribution in [0.2, 0.25) is 0 Å². The molecule has 0 radical (unpaired) electrons. The molecule has 0 heterocycles. The van der Waals surface area contributed by atoms with Gasteiger partial charge in [0, 0.05) is 32.8 Å². The molecule has 3 heteroatoms. The highest BCUT2D eigenvalue weighted by molar-refractivity contribution is 4.96. The van der Waals surface area contributed by atoms with E-state index in [4.69, 9.17) is 4.74 Å². The molecule has 1 aliphatic rings. The maximum Gasteiger partial charge on any atom is 0.0474 e. The van der Waals surface area contributed by atoms with E-state index in [9.17, 15) is 0 Å². The van der Waals surface area contributed by atoms with Gasteiger partial charge in [0.2, 0.25) is 0 Å². The van der Waals surface area contributed by atoms with E-state index in [0.717, 1.165) is 25.5 Å². The van der Waals surface area contributed by atoms with Gasteiger partial charge in [0.05, 0.1) is 0 Å². The SMILES string of the molecule is CNC1C(CN(C)CCCOC)CCC1(C)C. The minimum atomic E-state index is 0.451. The number of methoxy groups -OCH3 is 1. The van der Waals surface area contributed by atoms with Crippen LogP contribution >= 0.6 is 0 Å². The predicted octanol–water partition coefficient (Wildman–Crippen LogP) is 1.98. The van der Waals surface area contributed by atoms with Gasteiger partial charge >= 0.3 is 0 Å². The highest BCUT2D eigenvalue weighted by atomic mass is 16.5. The molecule has 0 bridgehead atoms. The zero-order valence-electron chi connectivity index (χ0n) is 12.3. The Morgan fingerprint density at radius 1 is 1.41 bits per heavy atom. The van der Waals surface area contributed by atoms with Crippen molar-refractivity contribution in [1.82, 2.24) is 10.2 Å². The van der Waals surface area contributed by atoms with E-state index >= 15 is 0 Å². The predicted molar refractivity (Wildman–Crippen MR) is 73.3 cm³/mol. The summed E-state index contributed by atoms with van der Waals surface area (Å²) in [6, 6.07) is 0.660. The summed E-state index contributed by atoms with van der Waals surface area (Å²) >= 11 is 0. The third-order valence-corrected chi connectivity index (χ3v) is 4.22. The largest absolute Gasteiger partial charge is 0.385 e. The maximum absolute atomic E-state index is 5.10. The van der Waals surface area contributed by atoms with Crippen molar-refractivity contribution in [3.05, 3.63) is 0 Å². The summed E-state index contributed by atoms with van der Waals surface area (Å²) in [4.78, 5) is 2.45. The molecule has 0 spiro atoms. The molecule has 2 atom stereocenters. The summed E-state index contributed by atoms with van der Waals surface area (Å²) in [6.45, 7) is 7.99. The number of nitrogens with zero attached hydrogens (tertiary/aromatic N) is 1. The molecule has 0 aromatic heterocycles. The van der Waals surface area contributed by atoms with E-state index < -0.39 is 0 Å². The maximum atomic E-state index is 5.10. The number of rotatable bonds is 7. The highest BCUT2D eigenvalue weighted by Gasteiger charge is 2.40. The van der Waals surface area contributed by atoms with Crippen molar-refractivity contribution in [3.8, 4) is 0 Å². The van der Waals surface area contributed by atoms with Crippen LogP contribution in [0, 0.1) is 11.3 Å². The average molecular weight is 242 g/mol. The topological polar surface area (TPSA) is 24.5 Å². The molecule has 0 aromatic carbocycles. The summed E-state index contributed by atoms with van der Waals surface area (Å²) < 4.78 is 5.10. The van der Waals surface area contributed by atoms with Crippen LogP contribution in [0.25, 0.3) is 0 Å². The molecule has 1 rings (SSSR count). The third-order valence-electron chi connectivity index (χ3n) is 4.22. The lowest BCUT2D eigenvalue weighted by Crippen LogP contribution is -2.43. The lowest BCUT2D eigenvalue weighted by molar-refractivity contribution is 0.166. The molecule has 102 valence electrons. The van der Waals surface area contributed by atoms with Gasteiger partial charge in [0.1, 0.15) is 0 Å². The van der Waals surface area contributed by atoms with Crippen LogP contribution in [0.3, 0.4) is 0 Å². The molecule has 1 saturated carbocycles. The Kier molecular flexibility index (Phi) is 5.90. The van der Waals surface area contributed by atoms with Gasteiger partial charge in [-0.15, -0.1) is 0 Å². The number of nitrogens with one attached hydrogen (secondary N) is 1. The fraction of sp³-hybridized carbons (Fsp3) is 1.00. The second-order valence-corrected chi connectivity index (χ2v) is 6.16. The van der Waals surface area contributed by atoms with Gasteiger partial charge in [-0.05, 0) is 44.7 Å².